The topological polar surface area (TPSA) is 104 Å². The maximum absolute atomic E-state index is 11.9. The van der Waals surface area contributed by atoms with Crippen molar-refractivity contribution in [2.45, 2.75) is 6.54 Å². The van der Waals surface area contributed by atoms with Crippen molar-refractivity contribution in [3.05, 3.63) is 50.1 Å². The number of carbonyl (C=O) groups is 1. The number of nitrogens with one attached hydrogen (secondary N) is 2. The van der Waals surface area contributed by atoms with E-state index in [0.717, 1.165) is 4.57 Å². The van der Waals surface area contributed by atoms with Crippen LogP contribution in [-0.4, -0.2) is 27.6 Å². The molecule has 3 N–H and O–H groups in total. The van der Waals surface area contributed by atoms with Gasteiger partial charge in [0.05, 0.1) is 0 Å². The molecule has 0 radical (unpaired) electrons. The normalized spacial score (nSPS) is 10.4. The summed E-state index contributed by atoms with van der Waals surface area (Å²) >= 11 is 6.00. The van der Waals surface area contributed by atoms with E-state index < -0.39 is 29.6 Å². The van der Waals surface area contributed by atoms with Gasteiger partial charge in [-0.1, -0.05) is 29.8 Å². The quantitative estimate of drug-likeness (QED) is 0.759. The Balaban J connectivity index is 2.71. The van der Waals surface area contributed by atoms with Crippen molar-refractivity contribution in [3.8, 4) is 17.0 Å². The van der Waals surface area contributed by atoms with Crippen LogP contribution in [0.4, 0.5) is 0 Å². The Labute approximate surface area is 123 Å². The third-order valence-corrected chi connectivity index (χ3v) is 3.23. The molecular formula is C13H12ClN3O4. The molecule has 1 aromatic heterocycles. The van der Waals surface area contributed by atoms with Gasteiger partial charge in [-0.3, -0.25) is 19.1 Å². The molecule has 8 heteroatoms. The van der Waals surface area contributed by atoms with E-state index in [2.05, 4.69) is 10.3 Å². The summed E-state index contributed by atoms with van der Waals surface area (Å²) < 4.78 is 0.763. The maximum Gasteiger partial charge on any atom is 0.331 e. The van der Waals surface area contributed by atoms with Crippen molar-refractivity contribution in [1.29, 1.82) is 0 Å². The van der Waals surface area contributed by atoms with Gasteiger partial charge in [-0.15, -0.1) is 0 Å². The highest BCUT2D eigenvalue weighted by atomic mass is 35.5. The van der Waals surface area contributed by atoms with Gasteiger partial charge < -0.3 is 10.4 Å². The van der Waals surface area contributed by atoms with Crippen molar-refractivity contribution in [3.63, 3.8) is 0 Å². The Morgan fingerprint density at radius 2 is 2.05 bits per heavy atom. The smallest absolute Gasteiger partial charge is 0.331 e. The Morgan fingerprint density at radius 3 is 2.67 bits per heavy atom. The highest BCUT2D eigenvalue weighted by Gasteiger charge is 2.19. The summed E-state index contributed by atoms with van der Waals surface area (Å²) in [6, 6.07) is 6.37. The van der Waals surface area contributed by atoms with Crippen LogP contribution < -0.4 is 16.6 Å². The zero-order valence-corrected chi connectivity index (χ0v) is 11.8. The van der Waals surface area contributed by atoms with Gasteiger partial charge in [-0.05, 0) is 6.07 Å². The number of hydrogen-bond acceptors (Lipinski definition) is 4. The predicted octanol–water partition coefficient (Wildman–Crippen LogP) is 0.309. The van der Waals surface area contributed by atoms with Crippen LogP contribution in [-0.2, 0) is 11.3 Å². The third-order valence-electron chi connectivity index (χ3n) is 2.90. The van der Waals surface area contributed by atoms with Crippen LogP contribution in [0, 0.1) is 0 Å². The molecule has 0 unspecified atom stereocenters. The summed E-state index contributed by atoms with van der Waals surface area (Å²) in [5.74, 6) is -1.11. The largest absolute Gasteiger partial charge is 0.494 e. The van der Waals surface area contributed by atoms with E-state index >= 15 is 0 Å². The average Bonchev–Trinajstić information content (AvgIpc) is 2.45. The number of aromatic nitrogens is 2. The second-order valence-corrected chi connectivity index (χ2v) is 4.60. The molecule has 1 aromatic carbocycles. The van der Waals surface area contributed by atoms with Crippen LogP contribution in [0.2, 0.25) is 5.02 Å². The maximum atomic E-state index is 11.9. The van der Waals surface area contributed by atoms with E-state index in [0.29, 0.717) is 0 Å². The van der Waals surface area contributed by atoms with E-state index in [4.69, 9.17) is 11.6 Å². The minimum atomic E-state index is -0.878. The first kappa shape index (κ1) is 14.9. The first-order chi connectivity index (χ1) is 9.95. The number of carbonyl (C=O) groups excluding carboxylic acids is 1. The fourth-order valence-electron chi connectivity index (χ4n) is 1.84. The van der Waals surface area contributed by atoms with Gasteiger partial charge in [0, 0.05) is 17.6 Å². The number of halogens is 1. The van der Waals surface area contributed by atoms with E-state index in [1.54, 1.807) is 18.2 Å². The molecule has 0 saturated carbocycles. The molecule has 21 heavy (non-hydrogen) atoms. The number of aromatic hydroxyl groups is 1. The minimum Gasteiger partial charge on any atom is -0.494 e. The van der Waals surface area contributed by atoms with Crippen molar-refractivity contribution in [2.75, 3.05) is 7.05 Å². The Hall–Kier alpha value is -2.54. The molecule has 0 aliphatic heterocycles. The van der Waals surface area contributed by atoms with Gasteiger partial charge in [0.1, 0.15) is 12.1 Å². The predicted molar refractivity (Wildman–Crippen MR) is 77.5 cm³/mol. The number of benzene rings is 1. The first-order valence-corrected chi connectivity index (χ1v) is 6.35. The van der Waals surface area contributed by atoms with E-state index in [1.165, 1.54) is 13.1 Å². The molecule has 0 saturated heterocycles. The highest BCUT2D eigenvalue weighted by molar-refractivity contribution is 6.33. The lowest BCUT2D eigenvalue weighted by atomic mass is 10.1. The SMILES string of the molecule is CNC(=O)Cn1c(O)c(-c2ccccc2Cl)c(=O)[nH]c1=O. The highest BCUT2D eigenvalue weighted by Crippen LogP contribution is 2.30. The van der Waals surface area contributed by atoms with Gasteiger partial charge in [-0.25, -0.2) is 4.79 Å². The van der Waals surface area contributed by atoms with Crippen LogP contribution in [0.15, 0.2) is 33.9 Å². The fraction of sp³-hybridized carbons (Fsp3) is 0.154. The zero-order valence-electron chi connectivity index (χ0n) is 11.0. The Morgan fingerprint density at radius 1 is 1.38 bits per heavy atom. The van der Waals surface area contributed by atoms with Crippen molar-refractivity contribution in [1.82, 2.24) is 14.9 Å². The standard InChI is InChI=1S/C13H12ClN3O4/c1-15-9(18)6-17-12(20)10(11(19)16-13(17)21)7-4-2-3-5-8(7)14/h2-5,20H,6H2,1H3,(H,15,18)(H,16,19,21). The summed E-state index contributed by atoms with van der Waals surface area (Å²) in [5, 5.41) is 12.7. The fourth-order valence-corrected chi connectivity index (χ4v) is 2.07. The van der Waals surface area contributed by atoms with Gasteiger partial charge in [0.25, 0.3) is 5.56 Å². The number of amides is 1. The number of hydrogen-bond donors (Lipinski definition) is 3. The van der Waals surface area contributed by atoms with Crippen molar-refractivity contribution < 1.29 is 9.90 Å². The van der Waals surface area contributed by atoms with Crippen LogP contribution in [0.25, 0.3) is 11.1 Å². The monoisotopic (exact) mass is 309 g/mol. The molecule has 1 heterocycles. The van der Waals surface area contributed by atoms with Crippen LogP contribution >= 0.6 is 11.6 Å². The molecule has 110 valence electrons. The molecule has 1 amide bonds. The lowest BCUT2D eigenvalue weighted by molar-refractivity contribution is -0.121. The molecule has 0 aliphatic rings. The van der Waals surface area contributed by atoms with E-state index in [-0.39, 0.29) is 16.1 Å². The lowest BCUT2D eigenvalue weighted by Gasteiger charge is -2.11. The number of nitrogens with zero attached hydrogens (tertiary/aromatic N) is 1. The Kier molecular flexibility index (Phi) is 4.13. The average molecular weight is 310 g/mol. The summed E-state index contributed by atoms with van der Waals surface area (Å²) in [4.78, 5) is 37.1. The number of aromatic amines is 1. The molecular weight excluding hydrogens is 298 g/mol. The number of H-pyrrole nitrogens is 1. The number of rotatable bonds is 3. The third kappa shape index (κ3) is 2.82. The summed E-state index contributed by atoms with van der Waals surface area (Å²) in [6.45, 7) is -0.421. The Bertz CT molecular complexity index is 810. The molecule has 0 aliphatic carbocycles. The second kappa shape index (κ2) is 5.84. The molecule has 0 fully saturated rings. The number of likely N-dealkylation sites (N-methyl/N-ethyl adjacent to an activating group) is 1. The molecule has 2 rings (SSSR count). The first-order valence-electron chi connectivity index (χ1n) is 5.97. The molecule has 0 bridgehead atoms. The van der Waals surface area contributed by atoms with Gasteiger partial charge in [0.15, 0.2) is 0 Å². The molecule has 0 atom stereocenters. The zero-order chi connectivity index (χ0) is 15.6. The minimum absolute atomic E-state index is 0.163. The van der Waals surface area contributed by atoms with Crippen LogP contribution in [0.3, 0.4) is 0 Å². The van der Waals surface area contributed by atoms with Gasteiger partial charge in [-0.2, -0.15) is 0 Å². The summed E-state index contributed by atoms with van der Waals surface area (Å²) in [6.07, 6.45) is 0. The van der Waals surface area contributed by atoms with Crippen molar-refractivity contribution >= 4 is 17.5 Å². The molecule has 7 nitrogen and oxygen atoms in total. The van der Waals surface area contributed by atoms with Crippen molar-refractivity contribution in [2.24, 2.45) is 0 Å². The van der Waals surface area contributed by atoms with Gasteiger partial charge >= 0.3 is 5.69 Å². The lowest BCUT2D eigenvalue weighted by Crippen LogP contribution is -2.35. The van der Waals surface area contributed by atoms with Crippen LogP contribution in [0.5, 0.6) is 5.88 Å². The second-order valence-electron chi connectivity index (χ2n) is 4.20. The van der Waals surface area contributed by atoms with E-state index in [1.807, 2.05) is 0 Å². The van der Waals surface area contributed by atoms with Gasteiger partial charge in [0.2, 0.25) is 11.8 Å². The van der Waals surface area contributed by atoms with E-state index in [9.17, 15) is 19.5 Å². The molecule has 0 spiro atoms. The summed E-state index contributed by atoms with van der Waals surface area (Å²) in [5.41, 5.74) is -1.55. The van der Waals surface area contributed by atoms with Crippen LogP contribution in [0.1, 0.15) is 0 Å². The molecule has 2 aromatic rings. The summed E-state index contributed by atoms with van der Waals surface area (Å²) in [7, 11) is 1.39.